The largest absolute Gasteiger partial charge is 0.452 e. The molecule has 0 heterocycles. The van der Waals surface area contributed by atoms with Crippen molar-refractivity contribution < 1.29 is 18.7 Å². The number of nitrogens with one attached hydrogen (secondary N) is 1. The molecule has 0 fully saturated rings. The Bertz CT molecular complexity index is 714. The molecular weight excluding hydrogens is 299 g/mol. The maximum absolute atomic E-state index is 12.9. The van der Waals surface area contributed by atoms with Gasteiger partial charge in [0.1, 0.15) is 5.82 Å². The molecule has 0 aliphatic carbocycles. The molecule has 0 aromatic heterocycles. The van der Waals surface area contributed by atoms with E-state index in [1.54, 1.807) is 0 Å². The van der Waals surface area contributed by atoms with Gasteiger partial charge in [-0.05, 0) is 30.7 Å². The first kappa shape index (κ1) is 16.5. The molecule has 0 atom stereocenters. The smallest absolute Gasteiger partial charge is 0.340 e. The zero-order valence-electron chi connectivity index (χ0n) is 12.6. The summed E-state index contributed by atoms with van der Waals surface area (Å²) in [5, 5.41) is 2.64. The van der Waals surface area contributed by atoms with E-state index in [1.165, 1.54) is 6.07 Å². The van der Waals surface area contributed by atoms with Crippen molar-refractivity contribution >= 4 is 17.6 Å². The van der Waals surface area contributed by atoms with E-state index in [1.807, 2.05) is 31.2 Å². The van der Waals surface area contributed by atoms with Crippen LogP contribution in [-0.4, -0.2) is 18.5 Å². The molecule has 6 heteroatoms. The van der Waals surface area contributed by atoms with Gasteiger partial charge in [-0.3, -0.25) is 4.79 Å². The number of ether oxygens (including phenoxy) is 1. The first-order valence-corrected chi connectivity index (χ1v) is 7.00. The summed E-state index contributed by atoms with van der Waals surface area (Å²) < 4.78 is 17.8. The number of hydrogen-bond donors (Lipinski definition) is 2. The fourth-order valence-electron chi connectivity index (χ4n) is 1.89. The van der Waals surface area contributed by atoms with E-state index in [2.05, 4.69) is 5.32 Å². The molecule has 1 amide bonds. The monoisotopic (exact) mass is 316 g/mol. The summed E-state index contributed by atoms with van der Waals surface area (Å²) in [4.78, 5) is 23.5. The molecule has 23 heavy (non-hydrogen) atoms. The number of rotatable bonds is 5. The number of hydrogen-bond acceptors (Lipinski definition) is 4. The molecule has 2 aromatic carbocycles. The number of benzene rings is 2. The van der Waals surface area contributed by atoms with Crippen LogP contribution in [0.1, 0.15) is 21.5 Å². The van der Waals surface area contributed by atoms with Crippen molar-refractivity contribution in [1.82, 2.24) is 5.32 Å². The second-order valence-corrected chi connectivity index (χ2v) is 5.07. The van der Waals surface area contributed by atoms with Gasteiger partial charge in [0.25, 0.3) is 5.91 Å². The Kier molecular flexibility index (Phi) is 5.30. The summed E-state index contributed by atoms with van der Waals surface area (Å²) in [6.07, 6.45) is 0. The maximum Gasteiger partial charge on any atom is 0.340 e. The number of anilines is 1. The van der Waals surface area contributed by atoms with Gasteiger partial charge in [-0.15, -0.1) is 0 Å². The molecule has 0 saturated heterocycles. The molecular formula is C17H17FN2O3. The predicted octanol–water partition coefficient (Wildman–Crippen LogP) is 2.19. The van der Waals surface area contributed by atoms with Gasteiger partial charge in [-0.1, -0.05) is 29.8 Å². The molecule has 3 N–H and O–H groups in total. The standard InChI is InChI=1S/C17H17FN2O3/c1-11-2-4-12(5-3-11)9-20-16(21)10-23-17(22)14-7-6-13(18)8-15(14)19/h2-8H,9-10,19H2,1H3,(H,20,21). The number of nitrogens with two attached hydrogens (primary N) is 1. The highest BCUT2D eigenvalue weighted by molar-refractivity contribution is 5.96. The van der Waals surface area contributed by atoms with Crippen LogP contribution < -0.4 is 11.1 Å². The van der Waals surface area contributed by atoms with Gasteiger partial charge < -0.3 is 15.8 Å². The van der Waals surface area contributed by atoms with Gasteiger partial charge >= 0.3 is 5.97 Å². The fraction of sp³-hybridized carbons (Fsp3) is 0.176. The van der Waals surface area contributed by atoms with Crippen molar-refractivity contribution in [3.05, 3.63) is 65.0 Å². The summed E-state index contributed by atoms with van der Waals surface area (Å²) in [7, 11) is 0. The topological polar surface area (TPSA) is 81.4 Å². The van der Waals surface area contributed by atoms with E-state index in [-0.39, 0.29) is 11.3 Å². The van der Waals surface area contributed by atoms with Crippen LogP contribution in [0, 0.1) is 12.7 Å². The molecule has 0 aliphatic heterocycles. The van der Waals surface area contributed by atoms with E-state index in [9.17, 15) is 14.0 Å². The molecule has 5 nitrogen and oxygen atoms in total. The molecule has 2 rings (SSSR count). The number of nitrogen functional groups attached to an aromatic ring is 1. The first-order chi connectivity index (χ1) is 11.0. The van der Waals surface area contributed by atoms with Crippen LogP contribution in [0.25, 0.3) is 0 Å². The molecule has 0 spiro atoms. The summed E-state index contributed by atoms with van der Waals surface area (Å²) in [5.41, 5.74) is 7.60. The van der Waals surface area contributed by atoms with Gasteiger partial charge in [0, 0.05) is 12.2 Å². The van der Waals surface area contributed by atoms with Crippen molar-refractivity contribution in [3.63, 3.8) is 0 Å². The zero-order chi connectivity index (χ0) is 16.8. The van der Waals surface area contributed by atoms with Crippen LogP contribution >= 0.6 is 0 Å². The van der Waals surface area contributed by atoms with E-state index in [4.69, 9.17) is 10.5 Å². The second kappa shape index (κ2) is 7.40. The van der Waals surface area contributed by atoms with E-state index in [0.29, 0.717) is 6.54 Å². The van der Waals surface area contributed by atoms with Crippen molar-refractivity contribution in [2.24, 2.45) is 0 Å². The third-order valence-electron chi connectivity index (χ3n) is 3.18. The quantitative estimate of drug-likeness (QED) is 0.654. The van der Waals surface area contributed by atoms with Crippen LogP contribution in [0.5, 0.6) is 0 Å². The van der Waals surface area contributed by atoms with Crippen LogP contribution in [0.4, 0.5) is 10.1 Å². The molecule has 0 saturated carbocycles. The normalized spacial score (nSPS) is 10.2. The Morgan fingerprint density at radius 3 is 2.52 bits per heavy atom. The second-order valence-electron chi connectivity index (χ2n) is 5.07. The van der Waals surface area contributed by atoms with Crippen LogP contribution in [0.3, 0.4) is 0 Å². The van der Waals surface area contributed by atoms with Gasteiger partial charge in [0.05, 0.1) is 5.56 Å². The average molecular weight is 316 g/mol. The SMILES string of the molecule is Cc1ccc(CNC(=O)COC(=O)c2ccc(F)cc2N)cc1. The molecule has 0 unspecified atom stereocenters. The number of halogens is 1. The van der Waals surface area contributed by atoms with Crippen molar-refractivity contribution in [3.8, 4) is 0 Å². The lowest BCUT2D eigenvalue weighted by atomic mass is 10.1. The third kappa shape index (κ3) is 4.81. The van der Waals surface area contributed by atoms with E-state index in [0.717, 1.165) is 23.3 Å². The van der Waals surface area contributed by atoms with Crippen LogP contribution in [-0.2, 0) is 16.1 Å². The molecule has 2 aromatic rings. The van der Waals surface area contributed by atoms with Gasteiger partial charge in [-0.2, -0.15) is 0 Å². The molecule has 0 aliphatic rings. The number of esters is 1. The number of amides is 1. The average Bonchev–Trinajstić information content (AvgIpc) is 2.52. The van der Waals surface area contributed by atoms with Gasteiger partial charge in [-0.25, -0.2) is 9.18 Å². The highest BCUT2D eigenvalue weighted by atomic mass is 19.1. The summed E-state index contributed by atoms with van der Waals surface area (Å²) in [6.45, 7) is 1.89. The summed E-state index contributed by atoms with van der Waals surface area (Å²) >= 11 is 0. The Balaban J connectivity index is 1.81. The Morgan fingerprint density at radius 2 is 1.87 bits per heavy atom. The first-order valence-electron chi connectivity index (χ1n) is 7.00. The Morgan fingerprint density at radius 1 is 1.17 bits per heavy atom. The Labute approximate surface area is 133 Å². The van der Waals surface area contributed by atoms with Crippen molar-refractivity contribution in [2.75, 3.05) is 12.3 Å². The minimum Gasteiger partial charge on any atom is -0.452 e. The highest BCUT2D eigenvalue weighted by Gasteiger charge is 2.13. The van der Waals surface area contributed by atoms with Crippen LogP contribution in [0.2, 0.25) is 0 Å². The third-order valence-corrected chi connectivity index (χ3v) is 3.18. The van der Waals surface area contributed by atoms with Gasteiger partial charge in [0.2, 0.25) is 0 Å². The van der Waals surface area contributed by atoms with E-state index < -0.39 is 24.3 Å². The van der Waals surface area contributed by atoms with Crippen molar-refractivity contribution in [2.45, 2.75) is 13.5 Å². The highest BCUT2D eigenvalue weighted by Crippen LogP contribution is 2.14. The summed E-state index contributed by atoms with van der Waals surface area (Å²) in [6, 6.07) is 11.0. The maximum atomic E-state index is 12.9. The minimum atomic E-state index is -0.770. The number of carbonyl (C=O) groups excluding carboxylic acids is 2. The minimum absolute atomic E-state index is 0.0257. The number of aryl methyl sites for hydroxylation is 1. The fourth-order valence-corrected chi connectivity index (χ4v) is 1.89. The van der Waals surface area contributed by atoms with Crippen molar-refractivity contribution in [1.29, 1.82) is 0 Å². The molecule has 0 radical (unpaired) electrons. The lowest BCUT2D eigenvalue weighted by Crippen LogP contribution is -2.28. The molecule has 120 valence electrons. The molecule has 0 bridgehead atoms. The summed E-state index contributed by atoms with van der Waals surface area (Å²) in [5.74, 6) is -1.75. The van der Waals surface area contributed by atoms with E-state index >= 15 is 0 Å². The van der Waals surface area contributed by atoms with Crippen LogP contribution in [0.15, 0.2) is 42.5 Å². The lowest BCUT2D eigenvalue weighted by Gasteiger charge is -2.08. The van der Waals surface area contributed by atoms with Gasteiger partial charge in [0.15, 0.2) is 6.61 Å². The predicted molar refractivity (Wildman–Crippen MR) is 84.1 cm³/mol. The lowest BCUT2D eigenvalue weighted by molar-refractivity contribution is -0.124. The number of carbonyl (C=O) groups is 2. The zero-order valence-corrected chi connectivity index (χ0v) is 12.6. The Hall–Kier alpha value is -2.89.